The van der Waals surface area contributed by atoms with Gasteiger partial charge in [0.25, 0.3) is 15.3 Å². The van der Waals surface area contributed by atoms with Gasteiger partial charge in [0.1, 0.15) is 11.6 Å². The van der Waals surface area contributed by atoms with Crippen LogP contribution in [0.15, 0.2) is 63.9 Å². The molecule has 9 heteroatoms. The molecule has 0 aliphatic rings. The minimum atomic E-state index is -3.93. The molecule has 0 saturated heterocycles. The van der Waals surface area contributed by atoms with Gasteiger partial charge in [0.2, 0.25) is 0 Å². The number of nitrogens with one attached hydrogen (secondary N) is 1. The molecule has 0 aromatic heterocycles. The first-order valence-electron chi connectivity index (χ1n) is 6.74. The van der Waals surface area contributed by atoms with Crippen molar-refractivity contribution in [1.29, 1.82) is 0 Å². The maximum absolute atomic E-state index is 12.3. The lowest BCUT2D eigenvalue weighted by atomic mass is 10.3. The van der Waals surface area contributed by atoms with Crippen LogP contribution < -0.4 is 11.1 Å². The summed E-state index contributed by atoms with van der Waals surface area (Å²) < 4.78 is 28.4. The molecule has 0 aliphatic heterocycles. The van der Waals surface area contributed by atoms with Crippen LogP contribution in [0.25, 0.3) is 0 Å². The van der Waals surface area contributed by atoms with E-state index in [-0.39, 0.29) is 22.2 Å². The van der Waals surface area contributed by atoms with Crippen LogP contribution in [-0.2, 0) is 10.0 Å². The summed E-state index contributed by atoms with van der Waals surface area (Å²) in [4.78, 5) is 11.0. The lowest BCUT2D eigenvalue weighted by Gasteiger charge is -2.09. The number of benzene rings is 2. The summed E-state index contributed by atoms with van der Waals surface area (Å²) in [5.74, 6) is 0.0817. The van der Waals surface area contributed by atoms with E-state index in [1.165, 1.54) is 24.3 Å². The number of amides is 1. The van der Waals surface area contributed by atoms with Crippen molar-refractivity contribution in [2.75, 3.05) is 11.1 Å². The van der Waals surface area contributed by atoms with E-state index in [2.05, 4.69) is 9.71 Å². The zero-order valence-electron chi connectivity index (χ0n) is 12.4. The van der Waals surface area contributed by atoms with Gasteiger partial charge in [0.05, 0.1) is 10.6 Å². The number of nitrogens with zero attached hydrogens (tertiary/aromatic N) is 1. The van der Waals surface area contributed by atoms with Gasteiger partial charge in [-0.05, 0) is 36.4 Å². The highest BCUT2D eigenvalue weighted by atomic mass is 32.2. The molecule has 0 saturated carbocycles. The minimum Gasteiger partial charge on any atom is -0.508 e. The minimum absolute atomic E-state index is 0.0394. The fourth-order valence-electron chi connectivity index (χ4n) is 1.73. The van der Waals surface area contributed by atoms with Crippen LogP contribution >= 0.6 is 11.8 Å². The summed E-state index contributed by atoms with van der Waals surface area (Å²) in [5.41, 5.74) is 5.60. The Bertz CT molecular complexity index is 835. The van der Waals surface area contributed by atoms with Crippen molar-refractivity contribution < 1.29 is 18.3 Å². The molecular weight excluding hydrogens is 350 g/mol. The summed E-state index contributed by atoms with van der Waals surface area (Å²) in [6.45, 7) is 0. The van der Waals surface area contributed by atoms with E-state index in [9.17, 15) is 18.3 Å². The van der Waals surface area contributed by atoms with Crippen LogP contribution in [0.5, 0.6) is 5.75 Å². The SMILES string of the molecule is NC(=O)SCC(=NS(=O)(=O)c1ccccc1)Nc1ccc(O)cc1. The van der Waals surface area contributed by atoms with Gasteiger partial charge in [-0.25, -0.2) is 0 Å². The average molecular weight is 365 g/mol. The van der Waals surface area contributed by atoms with Gasteiger partial charge in [0, 0.05) is 5.69 Å². The van der Waals surface area contributed by atoms with Gasteiger partial charge >= 0.3 is 0 Å². The fraction of sp³-hybridized carbons (Fsp3) is 0.0667. The Morgan fingerprint density at radius 1 is 1.12 bits per heavy atom. The Kier molecular flexibility index (Phi) is 5.83. The number of phenolic OH excluding ortho intramolecular Hbond substituents is 1. The van der Waals surface area contributed by atoms with Crippen LogP contribution in [0.3, 0.4) is 0 Å². The Labute approximate surface area is 143 Å². The summed E-state index contributed by atoms with van der Waals surface area (Å²) in [6.07, 6.45) is 0. The van der Waals surface area contributed by atoms with E-state index in [4.69, 9.17) is 5.73 Å². The zero-order chi connectivity index (χ0) is 17.6. The number of nitrogens with two attached hydrogens (primary N) is 1. The van der Waals surface area contributed by atoms with E-state index in [0.717, 1.165) is 11.8 Å². The maximum atomic E-state index is 12.3. The molecule has 126 valence electrons. The summed E-state index contributed by atoms with van der Waals surface area (Å²) in [7, 11) is -3.93. The van der Waals surface area contributed by atoms with Gasteiger partial charge in [-0.15, -0.1) is 4.40 Å². The average Bonchev–Trinajstić information content (AvgIpc) is 2.55. The van der Waals surface area contributed by atoms with E-state index in [1.54, 1.807) is 30.3 Å². The number of hydrogen-bond donors (Lipinski definition) is 3. The third kappa shape index (κ3) is 5.28. The molecule has 0 fully saturated rings. The van der Waals surface area contributed by atoms with E-state index in [0.29, 0.717) is 5.69 Å². The van der Waals surface area contributed by atoms with Crippen molar-refractivity contribution in [1.82, 2.24) is 0 Å². The first-order chi connectivity index (χ1) is 11.4. The molecular formula is C15H15N3O4S2. The smallest absolute Gasteiger partial charge is 0.283 e. The lowest BCUT2D eigenvalue weighted by Crippen LogP contribution is -2.19. The lowest BCUT2D eigenvalue weighted by molar-refractivity contribution is 0.267. The number of sulfonamides is 1. The van der Waals surface area contributed by atoms with Crippen LogP contribution in [0, 0.1) is 0 Å². The molecule has 0 radical (unpaired) electrons. The normalized spacial score (nSPS) is 11.9. The Morgan fingerprint density at radius 3 is 2.33 bits per heavy atom. The molecule has 7 nitrogen and oxygen atoms in total. The number of carbonyl (C=O) groups excluding carboxylic acids is 1. The number of thioether (sulfide) groups is 1. The molecule has 4 N–H and O–H groups in total. The maximum Gasteiger partial charge on any atom is 0.283 e. The first-order valence-corrected chi connectivity index (χ1v) is 9.16. The second-order valence-electron chi connectivity index (χ2n) is 4.61. The highest BCUT2D eigenvalue weighted by molar-refractivity contribution is 8.14. The van der Waals surface area contributed by atoms with Crippen molar-refractivity contribution >= 4 is 38.5 Å². The number of primary amides is 1. The largest absolute Gasteiger partial charge is 0.508 e. The molecule has 0 bridgehead atoms. The van der Waals surface area contributed by atoms with Gasteiger partial charge in [-0.3, -0.25) is 4.79 Å². The molecule has 1 amide bonds. The number of phenols is 1. The van der Waals surface area contributed by atoms with E-state index in [1.807, 2.05) is 0 Å². The van der Waals surface area contributed by atoms with Crippen molar-refractivity contribution in [3.8, 4) is 5.75 Å². The molecule has 0 spiro atoms. The Hall–Kier alpha value is -2.52. The number of rotatable bonds is 5. The molecule has 0 aliphatic carbocycles. The molecule has 0 heterocycles. The molecule has 0 atom stereocenters. The van der Waals surface area contributed by atoms with Crippen LogP contribution in [-0.4, -0.2) is 30.4 Å². The van der Waals surface area contributed by atoms with Crippen LogP contribution in [0.4, 0.5) is 10.5 Å². The van der Waals surface area contributed by atoms with Gasteiger partial charge < -0.3 is 16.2 Å². The van der Waals surface area contributed by atoms with Gasteiger partial charge in [-0.1, -0.05) is 30.0 Å². The van der Waals surface area contributed by atoms with Crippen molar-refractivity contribution in [2.45, 2.75) is 4.90 Å². The number of carbonyl (C=O) groups is 1. The summed E-state index contributed by atoms with van der Waals surface area (Å²) in [6, 6.07) is 13.7. The summed E-state index contributed by atoms with van der Waals surface area (Å²) >= 11 is 0.729. The molecule has 2 aromatic rings. The van der Waals surface area contributed by atoms with Crippen LogP contribution in [0.1, 0.15) is 0 Å². The van der Waals surface area contributed by atoms with Crippen molar-refractivity contribution in [3.63, 3.8) is 0 Å². The quantitative estimate of drug-likeness (QED) is 0.425. The molecule has 24 heavy (non-hydrogen) atoms. The number of amidine groups is 1. The predicted octanol–water partition coefficient (Wildman–Crippen LogP) is 2.40. The van der Waals surface area contributed by atoms with Gasteiger partial charge in [0.15, 0.2) is 0 Å². The number of aromatic hydroxyl groups is 1. The molecule has 0 unspecified atom stereocenters. The molecule has 2 aromatic carbocycles. The van der Waals surface area contributed by atoms with Gasteiger partial charge in [-0.2, -0.15) is 8.42 Å². The van der Waals surface area contributed by atoms with Crippen molar-refractivity contribution in [3.05, 3.63) is 54.6 Å². The molecule has 2 rings (SSSR count). The third-order valence-electron chi connectivity index (χ3n) is 2.78. The topological polar surface area (TPSA) is 122 Å². The monoisotopic (exact) mass is 365 g/mol. The van der Waals surface area contributed by atoms with Crippen molar-refractivity contribution in [2.24, 2.45) is 10.1 Å². The standard InChI is InChI=1S/C15H15N3O4S2/c16-15(20)23-10-14(17-11-6-8-12(19)9-7-11)18-24(21,22)13-4-2-1-3-5-13/h1-9,19H,10H2,(H2,16,20)(H,17,18). The van der Waals surface area contributed by atoms with E-state index >= 15 is 0 Å². The number of hydrogen-bond acceptors (Lipinski definition) is 5. The summed E-state index contributed by atoms with van der Waals surface area (Å²) in [5, 5.41) is 11.5. The zero-order valence-corrected chi connectivity index (χ0v) is 14.0. The van der Waals surface area contributed by atoms with E-state index < -0.39 is 15.3 Å². The Morgan fingerprint density at radius 2 is 1.75 bits per heavy atom. The first kappa shape index (κ1) is 17.8. The predicted molar refractivity (Wildman–Crippen MR) is 94.8 cm³/mol. The number of anilines is 1. The highest BCUT2D eigenvalue weighted by Gasteiger charge is 2.15. The van der Waals surface area contributed by atoms with Crippen LogP contribution in [0.2, 0.25) is 0 Å². The highest BCUT2D eigenvalue weighted by Crippen LogP contribution is 2.17. The Balaban J connectivity index is 2.30. The third-order valence-corrected chi connectivity index (χ3v) is 4.81. The second-order valence-corrected chi connectivity index (χ2v) is 7.19. The second kappa shape index (κ2) is 7.84. The fourth-order valence-corrected chi connectivity index (χ4v) is 3.23.